The summed E-state index contributed by atoms with van der Waals surface area (Å²) < 4.78 is 5.90. The molecule has 1 aliphatic rings. The second-order valence-electron chi connectivity index (χ2n) is 5.83. The molecule has 2 aromatic carbocycles. The normalized spacial score (nSPS) is 14.8. The van der Waals surface area contributed by atoms with Crippen molar-refractivity contribution in [3.8, 4) is 11.3 Å². The summed E-state index contributed by atoms with van der Waals surface area (Å²) in [7, 11) is 0. The number of benzene rings is 2. The van der Waals surface area contributed by atoms with Gasteiger partial charge in [-0.05, 0) is 36.5 Å². The molecule has 0 amide bonds. The van der Waals surface area contributed by atoms with Gasteiger partial charge in [0, 0.05) is 10.9 Å². The summed E-state index contributed by atoms with van der Waals surface area (Å²) in [4.78, 5) is 0. The van der Waals surface area contributed by atoms with Crippen molar-refractivity contribution in [2.45, 2.75) is 25.7 Å². The Bertz CT molecular complexity index is 684. The first-order valence-electron chi connectivity index (χ1n) is 7.46. The van der Waals surface area contributed by atoms with Crippen LogP contribution in [-0.2, 0) is 6.42 Å². The molecule has 0 radical (unpaired) electrons. The van der Waals surface area contributed by atoms with Crippen molar-refractivity contribution >= 4 is 11.0 Å². The summed E-state index contributed by atoms with van der Waals surface area (Å²) in [6, 6.07) is 19.1. The van der Waals surface area contributed by atoms with Crippen LogP contribution < -0.4 is 0 Å². The van der Waals surface area contributed by atoms with Crippen LogP contribution in [0.1, 0.15) is 24.8 Å². The fourth-order valence-corrected chi connectivity index (χ4v) is 2.74. The summed E-state index contributed by atoms with van der Waals surface area (Å²) in [6.07, 6.45) is 5.45. The van der Waals surface area contributed by atoms with Crippen LogP contribution in [0.15, 0.2) is 59.0 Å². The van der Waals surface area contributed by atoms with Crippen LogP contribution in [-0.4, -0.2) is 0 Å². The van der Waals surface area contributed by atoms with Crippen molar-refractivity contribution in [1.82, 2.24) is 0 Å². The van der Waals surface area contributed by atoms with Gasteiger partial charge in [-0.25, -0.2) is 0 Å². The predicted octanol–water partition coefficient (Wildman–Crippen LogP) is 5.44. The molecule has 3 aromatic rings. The summed E-state index contributed by atoms with van der Waals surface area (Å²) in [6.45, 7) is 0. The minimum atomic E-state index is 0.958. The van der Waals surface area contributed by atoms with Gasteiger partial charge in [0.1, 0.15) is 11.3 Å². The van der Waals surface area contributed by atoms with E-state index in [1.54, 1.807) is 0 Å². The van der Waals surface area contributed by atoms with Gasteiger partial charge in [0.2, 0.25) is 0 Å². The van der Waals surface area contributed by atoms with Crippen molar-refractivity contribution < 1.29 is 4.42 Å². The molecule has 0 unspecified atom stereocenters. The van der Waals surface area contributed by atoms with Gasteiger partial charge in [-0.15, -0.1) is 0 Å². The first-order valence-corrected chi connectivity index (χ1v) is 7.46. The molecular formula is C19H18O. The lowest BCUT2D eigenvalue weighted by molar-refractivity contribution is 0.631. The molecule has 1 fully saturated rings. The van der Waals surface area contributed by atoms with Crippen LogP contribution in [0.4, 0.5) is 0 Å². The third-order valence-electron chi connectivity index (χ3n) is 4.20. The smallest absolute Gasteiger partial charge is 0.135 e. The minimum Gasteiger partial charge on any atom is -0.456 e. The van der Waals surface area contributed by atoms with Crippen LogP contribution in [0.5, 0.6) is 0 Å². The molecule has 4 rings (SSSR count). The topological polar surface area (TPSA) is 13.1 Å². The molecule has 1 aliphatic carbocycles. The van der Waals surface area contributed by atoms with Crippen LogP contribution in [0.2, 0.25) is 0 Å². The highest BCUT2D eigenvalue weighted by molar-refractivity contribution is 5.82. The average Bonchev–Trinajstić information content (AvgIpc) is 3.22. The van der Waals surface area contributed by atoms with Crippen molar-refractivity contribution in [3.63, 3.8) is 0 Å². The van der Waals surface area contributed by atoms with Crippen molar-refractivity contribution in [3.05, 3.63) is 60.2 Å². The lowest BCUT2D eigenvalue weighted by atomic mass is 10.0. The predicted molar refractivity (Wildman–Crippen MR) is 82.7 cm³/mol. The Morgan fingerprint density at radius 3 is 2.50 bits per heavy atom. The molecule has 0 spiro atoms. The second-order valence-corrected chi connectivity index (χ2v) is 5.83. The highest BCUT2D eigenvalue weighted by Crippen LogP contribution is 2.34. The number of aryl methyl sites for hydroxylation is 1. The first-order chi connectivity index (χ1) is 9.88. The maximum Gasteiger partial charge on any atom is 0.135 e. The highest BCUT2D eigenvalue weighted by atomic mass is 16.3. The molecule has 100 valence electrons. The van der Waals surface area contributed by atoms with E-state index in [2.05, 4.69) is 36.4 Å². The standard InChI is InChI=1S/C19H18O/c1-2-4-18-17(3-1)13-19(20-18)16-11-9-15(10-12-16)8-7-14-5-6-14/h1-4,9-14H,5-8H2. The quantitative estimate of drug-likeness (QED) is 0.610. The summed E-state index contributed by atoms with van der Waals surface area (Å²) in [5, 5.41) is 1.17. The van der Waals surface area contributed by atoms with Gasteiger partial charge in [0.25, 0.3) is 0 Å². The number of hydrogen-bond acceptors (Lipinski definition) is 1. The van der Waals surface area contributed by atoms with Gasteiger partial charge in [-0.1, -0.05) is 55.3 Å². The third kappa shape index (κ3) is 2.36. The minimum absolute atomic E-state index is 0.958. The molecule has 1 aromatic heterocycles. The van der Waals surface area contributed by atoms with Gasteiger partial charge >= 0.3 is 0 Å². The average molecular weight is 262 g/mol. The van der Waals surface area contributed by atoms with Gasteiger partial charge in [0.15, 0.2) is 0 Å². The largest absolute Gasteiger partial charge is 0.456 e. The Hall–Kier alpha value is -2.02. The zero-order valence-electron chi connectivity index (χ0n) is 11.5. The molecular weight excluding hydrogens is 244 g/mol. The van der Waals surface area contributed by atoms with Gasteiger partial charge in [-0.2, -0.15) is 0 Å². The van der Waals surface area contributed by atoms with E-state index in [1.807, 2.05) is 18.2 Å². The molecule has 0 bridgehead atoms. The Morgan fingerprint density at radius 2 is 1.75 bits per heavy atom. The fraction of sp³-hybridized carbons (Fsp3) is 0.263. The molecule has 20 heavy (non-hydrogen) atoms. The third-order valence-corrected chi connectivity index (χ3v) is 4.20. The Balaban J connectivity index is 1.57. The molecule has 0 aliphatic heterocycles. The van der Waals surface area contributed by atoms with E-state index < -0.39 is 0 Å². The fourth-order valence-electron chi connectivity index (χ4n) is 2.74. The van der Waals surface area contributed by atoms with E-state index in [1.165, 1.54) is 36.6 Å². The van der Waals surface area contributed by atoms with E-state index >= 15 is 0 Å². The van der Waals surface area contributed by atoms with E-state index in [0.717, 1.165) is 22.8 Å². The van der Waals surface area contributed by atoms with E-state index in [4.69, 9.17) is 4.42 Å². The monoisotopic (exact) mass is 262 g/mol. The number of para-hydroxylation sites is 1. The Kier molecular flexibility index (Phi) is 2.84. The van der Waals surface area contributed by atoms with Crippen molar-refractivity contribution in [1.29, 1.82) is 0 Å². The highest BCUT2D eigenvalue weighted by Gasteiger charge is 2.20. The molecule has 1 nitrogen and oxygen atoms in total. The summed E-state index contributed by atoms with van der Waals surface area (Å²) in [5.41, 5.74) is 3.56. The van der Waals surface area contributed by atoms with Crippen LogP contribution in [0.25, 0.3) is 22.3 Å². The number of furan rings is 1. The van der Waals surface area contributed by atoms with Crippen LogP contribution in [0.3, 0.4) is 0 Å². The molecule has 0 saturated heterocycles. The van der Waals surface area contributed by atoms with Crippen LogP contribution in [0, 0.1) is 5.92 Å². The first kappa shape index (κ1) is 11.8. The lowest BCUT2D eigenvalue weighted by Crippen LogP contribution is -1.86. The molecule has 1 heteroatoms. The van der Waals surface area contributed by atoms with Gasteiger partial charge in [-0.3, -0.25) is 0 Å². The maximum atomic E-state index is 5.90. The van der Waals surface area contributed by atoms with Crippen molar-refractivity contribution in [2.24, 2.45) is 5.92 Å². The number of fused-ring (bicyclic) bond motifs is 1. The Morgan fingerprint density at radius 1 is 0.950 bits per heavy atom. The molecule has 0 N–H and O–H groups in total. The number of hydrogen-bond donors (Lipinski definition) is 0. The lowest BCUT2D eigenvalue weighted by Gasteiger charge is -2.02. The van der Waals surface area contributed by atoms with E-state index in [9.17, 15) is 0 Å². The molecule has 1 heterocycles. The van der Waals surface area contributed by atoms with Crippen molar-refractivity contribution in [2.75, 3.05) is 0 Å². The molecule has 1 saturated carbocycles. The number of rotatable bonds is 4. The van der Waals surface area contributed by atoms with Gasteiger partial charge < -0.3 is 4.42 Å². The van der Waals surface area contributed by atoms with Gasteiger partial charge in [0.05, 0.1) is 0 Å². The van der Waals surface area contributed by atoms with Crippen LogP contribution >= 0.6 is 0 Å². The SMILES string of the molecule is c1ccc2oc(-c3ccc(CCC4CC4)cc3)cc2c1. The Labute approximate surface area is 119 Å². The van der Waals surface area contributed by atoms with E-state index in [0.29, 0.717) is 0 Å². The zero-order chi connectivity index (χ0) is 13.4. The summed E-state index contributed by atoms with van der Waals surface area (Å²) in [5.74, 6) is 1.96. The summed E-state index contributed by atoms with van der Waals surface area (Å²) >= 11 is 0. The molecule has 0 atom stereocenters. The second kappa shape index (κ2) is 4.82. The van der Waals surface area contributed by atoms with E-state index in [-0.39, 0.29) is 0 Å². The maximum absolute atomic E-state index is 5.90. The zero-order valence-corrected chi connectivity index (χ0v) is 11.5.